The van der Waals surface area contributed by atoms with Gasteiger partial charge in [-0.15, -0.1) is 0 Å². The van der Waals surface area contributed by atoms with Gasteiger partial charge in [-0.05, 0) is 45.0 Å². The molecule has 1 aliphatic heterocycles. The number of nitrogens with one attached hydrogen (secondary N) is 1. The fraction of sp³-hybridized carbons (Fsp3) is 0.381. The Balaban J connectivity index is 1.79. The van der Waals surface area contributed by atoms with E-state index in [9.17, 15) is 4.79 Å². The predicted octanol–water partition coefficient (Wildman–Crippen LogP) is 4.49. The Labute approximate surface area is 155 Å². The first kappa shape index (κ1) is 18.3. The molecular formula is C21H27N3O2. The van der Waals surface area contributed by atoms with E-state index in [0.29, 0.717) is 13.1 Å². The molecule has 0 aromatic heterocycles. The van der Waals surface area contributed by atoms with Crippen LogP contribution in [0.15, 0.2) is 54.6 Å². The first-order chi connectivity index (χ1) is 12.4. The molecule has 2 amide bonds. The number of hydrogen-bond acceptors (Lipinski definition) is 3. The summed E-state index contributed by atoms with van der Waals surface area (Å²) < 4.78 is 5.89. The normalized spacial score (nSPS) is 19.1. The fourth-order valence-corrected chi connectivity index (χ4v) is 3.47. The maximum absolute atomic E-state index is 12.9. The molecule has 0 radical (unpaired) electrons. The largest absolute Gasteiger partial charge is 0.369 e. The molecule has 1 N–H and O–H groups in total. The number of ether oxygens (including phenoxy) is 1. The molecular weight excluding hydrogens is 326 g/mol. The van der Waals surface area contributed by atoms with Gasteiger partial charge >= 0.3 is 6.03 Å². The minimum absolute atomic E-state index is 0.0201. The Hall–Kier alpha value is -2.53. The van der Waals surface area contributed by atoms with Gasteiger partial charge in [0.2, 0.25) is 0 Å². The van der Waals surface area contributed by atoms with Crippen molar-refractivity contribution < 1.29 is 9.53 Å². The van der Waals surface area contributed by atoms with Gasteiger partial charge in [-0.1, -0.05) is 30.3 Å². The molecule has 1 saturated heterocycles. The van der Waals surface area contributed by atoms with E-state index in [1.807, 2.05) is 87.3 Å². The molecule has 2 aromatic rings. The van der Waals surface area contributed by atoms with Crippen molar-refractivity contribution in [3.8, 4) is 0 Å². The first-order valence-corrected chi connectivity index (χ1v) is 8.97. The summed E-state index contributed by atoms with van der Waals surface area (Å²) in [6, 6.07) is 17.8. The molecule has 138 valence electrons. The van der Waals surface area contributed by atoms with Crippen molar-refractivity contribution in [2.24, 2.45) is 0 Å². The molecule has 0 unspecified atom stereocenters. The number of rotatable bonds is 3. The van der Waals surface area contributed by atoms with Crippen molar-refractivity contribution in [1.29, 1.82) is 0 Å². The predicted molar refractivity (Wildman–Crippen MR) is 106 cm³/mol. The highest BCUT2D eigenvalue weighted by atomic mass is 16.5. The van der Waals surface area contributed by atoms with Crippen LogP contribution in [-0.4, -0.2) is 42.8 Å². The third-order valence-corrected chi connectivity index (χ3v) is 4.51. The van der Waals surface area contributed by atoms with Gasteiger partial charge in [-0.25, -0.2) is 4.79 Å². The van der Waals surface area contributed by atoms with Crippen LogP contribution in [-0.2, 0) is 4.74 Å². The molecule has 5 nitrogen and oxygen atoms in total. The van der Waals surface area contributed by atoms with Gasteiger partial charge in [0.25, 0.3) is 0 Å². The number of carbonyl (C=O) groups is 1. The summed E-state index contributed by atoms with van der Waals surface area (Å²) in [6.07, 6.45) is 0.0201. The van der Waals surface area contributed by atoms with Gasteiger partial charge in [0, 0.05) is 19.3 Å². The number of para-hydroxylation sites is 3. The van der Waals surface area contributed by atoms with Crippen molar-refractivity contribution in [2.75, 3.05) is 30.4 Å². The van der Waals surface area contributed by atoms with E-state index in [2.05, 4.69) is 10.2 Å². The lowest BCUT2D eigenvalue weighted by atomic mass is 10.1. The summed E-state index contributed by atoms with van der Waals surface area (Å²) in [4.78, 5) is 16.8. The molecule has 0 bridgehead atoms. The summed E-state index contributed by atoms with van der Waals surface area (Å²) in [5.74, 6) is 0. The Kier molecular flexibility index (Phi) is 5.18. The average Bonchev–Trinajstić information content (AvgIpc) is 2.60. The molecule has 26 heavy (non-hydrogen) atoms. The molecule has 1 fully saturated rings. The summed E-state index contributed by atoms with van der Waals surface area (Å²) >= 11 is 0. The number of anilines is 3. The number of amides is 2. The van der Waals surface area contributed by atoms with Crippen LogP contribution in [0.25, 0.3) is 0 Å². The van der Waals surface area contributed by atoms with Crippen molar-refractivity contribution >= 4 is 23.1 Å². The van der Waals surface area contributed by atoms with Crippen LogP contribution in [0.1, 0.15) is 20.8 Å². The molecule has 0 saturated carbocycles. The molecule has 5 heteroatoms. The summed E-state index contributed by atoms with van der Waals surface area (Å²) in [5.41, 5.74) is 2.47. The van der Waals surface area contributed by atoms with Gasteiger partial charge in [0.1, 0.15) is 0 Å². The Morgan fingerprint density at radius 1 is 1.15 bits per heavy atom. The zero-order valence-electron chi connectivity index (χ0n) is 15.9. The number of hydrogen-bond donors (Lipinski definition) is 1. The van der Waals surface area contributed by atoms with Crippen LogP contribution in [0.5, 0.6) is 0 Å². The first-order valence-electron chi connectivity index (χ1n) is 8.97. The lowest BCUT2D eigenvalue weighted by Crippen LogP contribution is -2.54. The third-order valence-electron chi connectivity index (χ3n) is 4.51. The maximum atomic E-state index is 12.9. The van der Waals surface area contributed by atoms with Crippen LogP contribution in [0.2, 0.25) is 0 Å². The minimum atomic E-state index is -0.338. The van der Waals surface area contributed by atoms with Crippen LogP contribution in [0.4, 0.5) is 21.9 Å². The molecule has 1 heterocycles. The monoisotopic (exact) mass is 353 g/mol. The van der Waals surface area contributed by atoms with E-state index in [4.69, 9.17) is 4.74 Å². The van der Waals surface area contributed by atoms with Gasteiger partial charge in [-0.3, -0.25) is 0 Å². The number of benzene rings is 2. The van der Waals surface area contributed by atoms with E-state index in [1.165, 1.54) is 0 Å². The van der Waals surface area contributed by atoms with Gasteiger partial charge in [-0.2, -0.15) is 0 Å². The lowest BCUT2D eigenvalue weighted by Gasteiger charge is -2.41. The SMILES string of the molecule is C[C@@H]1CN(C(=O)Nc2ccccc2N(C)c2ccccc2)CC(C)(C)O1. The van der Waals surface area contributed by atoms with Crippen LogP contribution >= 0.6 is 0 Å². The number of nitrogens with zero attached hydrogens (tertiary/aromatic N) is 2. The second-order valence-corrected chi connectivity index (χ2v) is 7.41. The molecule has 0 aliphatic carbocycles. The van der Waals surface area contributed by atoms with E-state index < -0.39 is 0 Å². The highest BCUT2D eigenvalue weighted by Crippen LogP contribution is 2.31. The number of urea groups is 1. The topological polar surface area (TPSA) is 44.8 Å². The zero-order chi connectivity index (χ0) is 18.7. The Morgan fingerprint density at radius 2 is 1.81 bits per heavy atom. The second kappa shape index (κ2) is 7.38. The van der Waals surface area contributed by atoms with E-state index in [1.54, 1.807) is 0 Å². The van der Waals surface area contributed by atoms with Crippen molar-refractivity contribution in [3.05, 3.63) is 54.6 Å². The van der Waals surface area contributed by atoms with Gasteiger partial charge in [0.05, 0.1) is 29.6 Å². The van der Waals surface area contributed by atoms with E-state index in [-0.39, 0.29) is 17.7 Å². The van der Waals surface area contributed by atoms with Gasteiger partial charge < -0.3 is 19.9 Å². The van der Waals surface area contributed by atoms with Crippen LogP contribution in [0, 0.1) is 0 Å². The van der Waals surface area contributed by atoms with Crippen molar-refractivity contribution in [3.63, 3.8) is 0 Å². The molecule has 2 aromatic carbocycles. The molecule has 0 spiro atoms. The van der Waals surface area contributed by atoms with Crippen LogP contribution < -0.4 is 10.2 Å². The highest BCUT2D eigenvalue weighted by molar-refractivity contribution is 5.94. The van der Waals surface area contributed by atoms with Crippen molar-refractivity contribution in [1.82, 2.24) is 4.90 Å². The average molecular weight is 353 g/mol. The maximum Gasteiger partial charge on any atom is 0.322 e. The Morgan fingerprint density at radius 3 is 2.50 bits per heavy atom. The zero-order valence-corrected chi connectivity index (χ0v) is 15.9. The summed E-state index contributed by atoms with van der Waals surface area (Å²) in [5, 5.41) is 3.08. The Bertz CT molecular complexity index is 761. The third kappa shape index (κ3) is 4.17. The molecule has 1 aliphatic rings. The lowest BCUT2D eigenvalue weighted by molar-refractivity contribution is -0.116. The number of carbonyl (C=O) groups excluding carboxylic acids is 1. The quantitative estimate of drug-likeness (QED) is 0.884. The van der Waals surface area contributed by atoms with E-state index >= 15 is 0 Å². The number of morpholine rings is 1. The minimum Gasteiger partial charge on any atom is -0.369 e. The van der Waals surface area contributed by atoms with Crippen molar-refractivity contribution in [2.45, 2.75) is 32.5 Å². The standard InChI is InChI=1S/C21H27N3O2/c1-16-14-24(15-21(2,3)26-16)20(25)22-18-12-8-9-13-19(18)23(4)17-10-6-5-7-11-17/h5-13,16H,14-15H2,1-4H3,(H,22,25)/t16-/m1/s1. The summed E-state index contributed by atoms with van der Waals surface area (Å²) in [6.45, 7) is 7.18. The second-order valence-electron chi connectivity index (χ2n) is 7.41. The smallest absolute Gasteiger partial charge is 0.322 e. The molecule has 1 atom stereocenters. The van der Waals surface area contributed by atoms with Gasteiger partial charge in [0.15, 0.2) is 0 Å². The van der Waals surface area contributed by atoms with E-state index in [0.717, 1.165) is 17.1 Å². The molecule has 3 rings (SSSR count). The van der Waals surface area contributed by atoms with Crippen LogP contribution in [0.3, 0.4) is 0 Å². The fourth-order valence-electron chi connectivity index (χ4n) is 3.47. The highest BCUT2D eigenvalue weighted by Gasteiger charge is 2.33. The summed E-state index contributed by atoms with van der Waals surface area (Å²) in [7, 11) is 2.00.